The first-order chi connectivity index (χ1) is 14.0. The molecule has 146 valence electrons. The van der Waals surface area contributed by atoms with Crippen molar-refractivity contribution < 1.29 is 0 Å². The molecule has 5 rings (SSSR count). The van der Waals surface area contributed by atoms with Crippen molar-refractivity contribution in [3.8, 4) is 11.1 Å². The van der Waals surface area contributed by atoms with Gasteiger partial charge in [0.2, 0.25) is 0 Å². The molecule has 7 heteroatoms. The van der Waals surface area contributed by atoms with Crippen LogP contribution in [0, 0.1) is 20.8 Å². The standard InChI is InChI=1S/C22H21N5OS/c1-13-8-20(28)27-21(24-13)14(2)15(3)22(25-27)26-6-4-19-18(11-26)9-17(10-23-19)16-5-7-29-12-16/h5,7-10,12H,4,6,11H2,1-3H3. The van der Waals surface area contributed by atoms with Gasteiger partial charge in [-0.2, -0.15) is 15.9 Å². The second kappa shape index (κ2) is 6.77. The first kappa shape index (κ1) is 18.0. The molecule has 6 nitrogen and oxygen atoms in total. The average Bonchev–Trinajstić information content (AvgIpc) is 3.25. The summed E-state index contributed by atoms with van der Waals surface area (Å²) in [6, 6.07) is 5.88. The van der Waals surface area contributed by atoms with Crippen LogP contribution in [0.5, 0.6) is 0 Å². The van der Waals surface area contributed by atoms with Gasteiger partial charge >= 0.3 is 0 Å². The van der Waals surface area contributed by atoms with Gasteiger partial charge in [-0.15, -0.1) is 5.10 Å². The zero-order valence-electron chi connectivity index (χ0n) is 16.6. The van der Waals surface area contributed by atoms with E-state index >= 15 is 0 Å². The largest absolute Gasteiger partial charge is 0.350 e. The SMILES string of the molecule is Cc1cc(=O)n2nc(N3CCc4ncc(-c5ccsc5)cc4C3)c(C)c(C)c2n1. The molecule has 0 aliphatic carbocycles. The van der Waals surface area contributed by atoms with Crippen molar-refractivity contribution >= 4 is 22.8 Å². The summed E-state index contributed by atoms with van der Waals surface area (Å²) in [6.45, 7) is 7.46. The maximum atomic E-state index is 12.5. The van der Waals surface area contributed by atoms with Crippen molar-refractivity contribution in [3.05, 3.63) is 73.6 Å². The van der Waals surface area contributed by atoms with Crippen LogP contribution in [0.25, 0.3) is 16.8 Å². The third-order valence-electron chi connectivity index (χ3n) is 5.65. The number of rotatable bonds is 2. The minimum atomic E-state index is -0.143. The molecule has 0 amide bonds. The van der Waals surface area contributed by atoms with E-state index < -0.39 is 0 Å². The normalized spacial score (nSPS) is 13.7. The summed E-state index contributed by atoms with van der Waals surface area (Å²) in [5, 5.41) is 8.92. The van der Waals surface area contributed by atoms with Crippen LogP contribution in [0.2, 0.25) is 0 Å². The van der Waals surface area contributed by atoms with Crippen molar-refractivity contribution in [2.75, 3.05) is 11.4 Å². The summed E-state index contributed by atoms with van der Waals surface area (Å²) in [4.78, 5) is 24.0. The van der Waals surface area contributed by atoms with Crippen molar-refractivity contribution in [2.45, 2.75) is 33.7 Å². The first-order valence-corrected chi connectivity index (χ1v) is 10.6. The van der Waals surface area contributed by atoms with E-state index in [0.29, 0.717) is 11.3 Å². The molecule has 0 spiro atoms. The van der Waals surface area contributed by atoms with Crippen molar-refractivity contribution in [1.82, 2.24) is 19.6 Å². The molecule has 0 atom stereocenters. The highest BCUT2D eigenvalue weighted by molar-refractivity contribution is 7.08. The van der Waals surface area contributed by atoms with E-state index in [1.165, 1.54) is 21.7 Å². The number of aryl methyl sites for hydroxylation is 2. The fourth-order valence-corrected chi connectivity index (χ4v) is 4.59. The van der Waals surface area contributed by atoms with Gasteiger partial charge in [0.25, 0.3) is 5.56 Å². The second-order valence-electron chi connectivity index (χ2n) is 7.56. The predicted octanol–water partition coefficient (Wildman–Crippen LogP) is 3.70. The molecule has 0 N–H and O–H groups in total. The number of fused-ring (bicyclic) bond motifs is 2. The van der Waals surface area contributed by atoms with Crippen LogP contribution in [-0.4, -0.2) is 26.1 Å². The third-order valence-corrected chi connectivity index (χ3v) is 6.33. The van der Waals surface area contributed by atoms with Crippen LogP contribution < -0.4 is 10.5 Å². The van der Waals surface area contributed by atoms with Gasteiger partial charge in [0.15, 0.2) is 11.5 Å². The summed E-state index contributed by atoms with van der Waals surface area (Å²) in [6.07, 6.45) is 2.83. The second-order valence-corrected chi connectivity index (χ2v) is 8.34. The van der Waals surface area contributed by atoms with Gasteiger partial charge in [-0.1, -0.05) is 0 Å². The summed E-state index contributed by atoms with van der Waals surface area (Å²) >= 11 is 1.69. The quantitative estimate of drug-likeness (QED) is 0.511. The smallest absolute Gasteiger partial charge is 0.274 e. The molecule has 5 heterocycles. The molecular weight excluding hydrogens is 382 g/mol. The van der Waals surface area contributed by atoms with Crippen LogP contribution in [0.3, 0.4) is 0 Å². The Morgan fingerprint density at radius 3 is 2.76 bits per heavy atom. The zero-order valence-corrected chi connectivity index (χ0v) is 17.5. The summed E-state index contributed by atoms with van der Waals surface area (Å²) < 4.78 is 1.43. The molecule has 0 unspecified atom stereocenters. The lowest BCUT2D eigenvalue weighted by Crippen LogP contribution is -2.34. The number of pyridine rings is 1. The van der Waals surface area contributed by atoms with Gasteiger partial charge in [0.05, 0.1) is 0 Å². The Labute approximate surface area is 172 Å². The molecule has 0 saturated heterocycles. The molecule has 0 bridgehead atoms. The van der Waals surface area contributed by atoms with E-state index in [1.54, 1.807) is 11.3 Å². The number of thiophene rings is 1. The van der Waals surface area contributed by atoms with Crippen LogP contribution in [0.15, 0.2) is 40.0 Å². The van der Waals surface area contributed by atoms with Gasteiger partial charge in [-0.3, -0.25) is 9.78 Å². The lowest BCUT2D eigenvalue weighted by Gasteiger charge is -2.31. The highest BCUT2D eigenvalue weighted by Gasteiger charge is 2.23. The molecule has 4 aromatic heterocycles. The predicted molar refractivity (Wildman–Crippen MR) is 116 cm³/mol. The summed E-state index contributed by atoms with van der Waals surface area (Å²) in [5.41, 5.74) is 7.96. The molecular formula is C22H21N5OS. The molecule has 0 fully saturated rings. The highest BCUT2D eigenvalue weighted by atomic mass is 32.1. The Morgan fingerprint density at radius 2 is 1.97 bits per heavy atom. The number of anilines is 1. The number of hydrogen-bond acceptors (Lipinski definition) is 6. The van der Waals surface area contributed by atoms with E-state index in [0.717, 1.165) is 47.7 Å². The molecule has 0 radical (unpaired) electrons. The Kier molecular flexibility index (Phi) is 4.20. The topological polar surface area (TPSA) is 63.4 Å². The van der Waals surface area contributed by atoms with Crippen LogP contribution in [0.4, 0.5) is 5.82 Å². The summed E-state index contributed by atoms with van der Waals surface area (Å²) in [5.74, 6) is 0.842. The van der Waals surface area contributed by atoms with Gasteiger partial charge in [0.1, 0.15) is 0 Å². The van der Waals surface area contributed by atoms with Crippen molar-refractivity contribution in [3.63, 3.8) is 0 Å². The molecule has 29 heavy (non-hydrogen) atoms. The maximum Gasteiger partial charge on any atom is 0.274 e. The Hall–Kier alpha value is -3.06. The van der Waals surface area contributed by atoms with E-state index in [1.807, 2.05) is 20.0 Å². The number of nitrogens with zero attached hydrogens (tertiary/aromatic N) is 5. The Balaban J connectivity index is 1.58. The number of aromatic nitrogens is 4. The van der Waals surface area contributed by atoms with Crippen LogP contribution >= 0.6 is 11.3 Å². The van der Waals surface area contributed by atoms with E-state index in [2.05, 4.69) is 39.7 Å². The maximum absolute atomic E-state index is 12.5. The van der Waals surface area contributed by atoms with Crippen LogP contribution in [-0.2, 0) is 13.0 Å². The monoisotopic (exact) mass is 403 g/mol. The first-order valence-electron chi connectivity index (χ1n) is 9.64. The average molecular weight is 404 g/mol. The van der Waals surface area contributed by atoms with E-state index in [9.17, 15) is 4.79 Å². The van der Waals surface area contributed by atoms with Crippen molar-refractivity contribution in [1.29, 1.82) is 0 Å². The molecule has 0 saturated carbocycles. The third kappa shape index (κ3) is 3.02. The summed E-state index contributed by atoms with van der Waals surface area (Å²) in [7, 11) is 0. The van der Waals surface area contributed by atoms with Gasteiger partial charge in [-0.05, 0) is 54.8 Å². The zero-order chi connectivity index (χ0) is 20.1. The lowest BCUT2D eigenvalue weighted by molar-refractivity contribution is 0.684. The minimum absolute atomic E-state index is 0.143. The molecule has 0 aromatic carbocycles. The Bertz CT molecular complexity index is 1290. The van der Waals surface area contributed by atoms with E-state index in [4.69, 9.17) is 10.1 Å². The Morgan fingerprint density at radius 1 is 1.10 bits per heavy atom. The van der Waals surface area contributed by atoms with Gasteiger partial charge in [-0.25, -0.2) is 4.98 Å². The fourth-order valence-electron chi connectivity index (χ4n) is 3.93. The molecule has 1 aliphatic rings. The molecule has 4 aromatic rings. The molecule has 1 aliphatic heterocycles. The van der Waals surface area contributed by atoms with Crippen LogP contribution in [0.1, 0.15) is 28.1 Å². The minimum Gasteiger partial charge on any atom is -0.350 e. The lowest BCUT2D eigenvalue weighted by atomic mass is 10.0. The van der Waals surface area contributed by atoms with E-state index in [-0.39, 0.29) is 5.56 Å². The van der Waals surface area contributed by atoms with Crippen molar-refractivity contribution in [2.24, 2.45) is 0 Å². The highest BCUT2D eigenvalue weighted by Crippen LogP contribution is 2.30. The van der Waals surface area contributed by atoms with Gasteiger partial charge < -0.3 is 4.90 Å². The van der Waals surface area contributed by atoms with Gasteiger partial charge in [0, 0.05) is 59.9 Å². The fraction of sp³-hybridized carbons (Fsp3) is 0.273. The number of hydrogen-bond donors (Lipinski definition) is 0.